The van der Waals surface area contributed by atoms with Crippen LogP contribution in [0, 0.1) is 12.8 Å². The van der Waals surface area contributed by atoms with Crippen molar-refractivity contribution in [2.45, 2.75) is 32.7 Å². The number of nitrogens with one attached hydrogen (secondary N) is 2. The molecule has 0 bridgehead atoms. The van der Waals surface area contributed by atoms with Gasteiger partial charge < -0.3 is 15.2 Å². The van der Waals surface area contributed by atoms with Gasteiger partial charge in [0.05, 0.1) is 0 Å². The lowest BCUT2D eigenvalue weighted by molar-refractivity contribution is -0.127. The fourth-order valence-electron chi connectivity index (χ4n) is 1.40. The van der Waals surface area contributed by atoms with E-state index in [9.17, 15) is 9.59 Å². The van der Waals surface area contributed by atoms with Crippen LogP contribution in [0.25, 0.3) is 0 Å². The summed E-state index contributed by atoms with van der Waals surface area (Å²) in [5.74, 6) is 0.728. The van der Waals surface area contributed by atoms with Crippen LogP contribution in [0.4, 0.5) is 5.82 Å². The molecule has 2 N–H and O–H groups in total. The number of carbonyl (C=O) groups is 2. The maximum Gasteiger partial charge on any atom is 0.247 e. The summed E-state index contributed by atoms with van der Waals surface area (Å²) in [5, 5.41) is 8.87. The van der Waals surface area contributed by atoms with Crippen LogP contribution < -0.4 is 10.6 Å². The minimum Gasteiger partial charge on any atom is -0.360 e. The Labute approximate surface area is 98.7 Å². The van der Waals surface area contributed by atoms with Crippen molar-refractivity contribution in [2.24, 2.45) is 5.92 Å². The van der Waals surface area contributed by atoms with Crippen LogP contribution in [0.2, 0.25) is 0 Å². The first-order valence-electron chi connectivity index (χ1n) is 5.61. The molecule has 0 aliphatic heterocycles. The molecule has 1 atom stereocenters. The van der Waals surface area contributed by atoms with E-state index in [2.05, 4.69) is 15.8 Å². The SMILES string of the molecule is Cc1cc(NC(=O)[C@@H](C)NC(=O)C2CC2)no1. The summed E-state index contributed by atoms with van der Waals surface area (Å²) in [6.45, 7) is 3.38. The van der Waals surface area contributed by atoms with Crippen molar-refractivity contribution in [1.82, 2.24) is 10.5 Å². The normalized spacial score (nSPS) is 16.4. The number of amides is 2. The average molecular weight is 237 g/mol. The van der Waals surface area contributed by atoms with E-state index in [1.54, 1.807) is 19.9 Å². The van der Waals surface area contributed by atoms with Crippen molar-refractivity contribution >= 4 is 17.6 Å². The molecule has 0 spiro atoms. The fourth-order valence-corrected chi connectivity index (χ4v) is 1.40. The van der Waals surface area contributed by atoms with Crippen molar-refractivity contribution in [1.29, 1.82) is 0 Å². The molecule has 0 radical (unpaired) electrons. The number of nitrogens with zero attached hydrogens (tertiary/aromatic N) is 1. The van der Waals surface area contributed by atoms with E-state index >= 15 is 0 Å². The molecular weight excluding hydrogens is 222 g/mol. The molecule has 6 nitrogen and oxygen atoms in total. The first kappa shape index (κ1) is 11.6. The number of anilines is 1. The molecule has 92 valence electrons. The second kappa shape index (κ2) is 4.57. The Morgan fingerprint density at radius 2 is 2.24 bits per heavy atom. The van der Waals surface area contributed by atoms with Crippen molar-refractivity contribution in [3.63, 3.8) is 0 Å². The van der Waals surface area contributed by atoms with E-state index in [-0.39, 0.29) is 17.7 Å². The third kappa shape index (κ3) is 3.05. The standard InChI is InChI=1S/C11H15N3O3/c1-6-5-9(14-17-6)13-10(15)7(2)12-11(16)8-3-4-8/h5,7-8H,3-4H2,1-2H3,(H,12,16)(H,13,14,15)/t7-/m1/s1. The topological polar surface area (TPSA) is 84.2 Å². The molecule has 6 heteroatoms. The number of aromatic nitrogens is 1. The predicted octanol–water partition coefficient (Wildman–Crippen LogP) is 0.836. The second-order valence-corrected chi connectivity index (χ2v) is 4.32. The van der Waals surface area contributed by atoms with Gasteiger partial charge in [-0.25, -0.2) is 0 Å². The van der Waals surface area contributed by atoms with E-state index in [1.807, 2.05) is 0 Å². The minimum absolute atomic E-state index is 0.0519. The largest absolute Gasteiger partial charge is 0.360 e. The Balaban J connectivity index is 1.84. The predicted molar refractivity (Wildman–Crippen MR) is 60.2 cm³/mol. The summed E-state index contributed by atoms with van der Waals surface area (Å²) in [6.07, 6.45) is 1.84. The third-order valence-electron chi connectivity index (χ3n) is 2.58. The van der Waals surface area contributed by atoms with Gasteiger partial charge in [0.25, 0.3) is 0 Å². The first-order chi connectivity index (χ1) is 8.06. The van der Waals surface area contributed by atoms with Crippen molar-refractivity contribution in [3.8, 4) is 0 Å². The zero-order valence-corrected chi connectivity index (χ0v) is 9.82. The van der Waals surface area contributed by atoms with Gasteiger partial charge in [0.1, 0.15) is 11.8 Å². The van der Waals surface area contributed by atoms with Crippen molar-refractivity contribution < 1.29 is 14.1 Å². The molecule has 0 unspecified atom stereocenters. The first-order valence-corrected chi connectivity index (χ1v) is 5.61. The number of carbonyl (C=O) groups excluding carboxylic acids is 2. The Morgan fingerprint density at radius 3 is 2.76 bits per heavy atom. The maximum atomic E-state index is 11.7. The molecule has 1 aromatic heterocycles. The minimum atomic E-state index is -0.569. The monoisotopic (exact) mass is 237 g/mol. The summed E-state index contributed by atoms with van der Waals surface area (Å²) >= 11 is 0. The highest BCUT2D eigenvalue weighted by Gasteiger charge is 2.31. The smallest absolute Gasteiger partial charge is 0.247 e. The summed E-state index contributed by atoms with van der Waals surface area (Å²) in [4.78, 5) is 23.1. The molecule has 2 amide bonds. The van der Waals surface area contributed by atoms with Crippen LogP contribution in [-0.4, -0.2) is 23.0 Å². The Hall–Kier alpha value is -1.85. The van der Waals surface area contributed by atoms with Crippen molar-refractivity contribution in [3.05, 3.63) is 11.8 Å². The zero-order chi connectivity index (χ0) is 12.4. The average Bonchev–Trinajstić information content (AvgIpc) is 3.04. The van der Waals surface area contributed by atoms with Crippen LogP contribution in [-0.2, 0) is 9.59 Å². The highest BCUT2D eigenvalue weighted by molar-refractivity contribution is 5.96. The van der Waals surface area contributed by atoms with Gasteiger partial charge in [-0.3, -0.25) is 9.59 Å². The fraction of sp³-hybridized carbons (Fsp3) is 0.545. The van der Waals surface area contributed by atoms with E-state index in [1.165, 1.54) is 0 Å². The Bertz CT molecular complexity index is 437. The quantitative estimate of drug-likeness (QED) is 0.812. The van der Waals surface area contributed by atoms with Crippen molar-refractivity contribution in [2.75, 3.05) is 5.32 Å². The highest BCUT2D eigenvalue weighted by atomic mass is 16.5. The van der Waals surface area contributed by atoms with Gasteiger partial charge >= 0.3 is 0 Å². The summed E-state index contributed by atoms with van der Waals surface area (Å²) in [7, 11) is 0. The van der Waals surface area contributed by atoms with Gasteiger partial charge in [0.15, 0.2) is 5.82 Å². The zero-order valence-electron chi connectivity index (χ0n) is 9.82. The van der Waals surface area contributed by atoms with Gasteiger partial charge in [-0.1, -0.05) is 5.16 Å². The van der Waals surface area contributed by atoms with Crippen LogP contribution in [0.1, 0.15) is 25.5 Å². The number of hydrogen-bond acceptors (Lipinski definition) is 4. The van der Waals surface area contributed by atoms with Gasteiger partial charge in [-0.05, 0) is 26.7 Å². The Morgan fingerprint density at radius 1 is 1.53 bits per heavy atom. The molecule has 1 aromatic rings. The summed E-state index contributed by atoms with van der Waals surface area (Å²) in [5.41, 5.74) is 0. The van der Waals surface area contributed by atoms with E-state index < -0.39 is 6.04 Å². The number of hydrogen-bond donors (Lipinski definition) is 2. The molecule has 0 saturated heterocycles. The van der Waals surface area contributed by atoms with Gasteiger partial charge in [0.2, 0.25) is 11.8 Å². The third-order valence-corrected chi connectivity index (χ3v) is 2.58. The second-order valence-electron chi connectivity index (χ2n) is 4.32. The lowest BCUT2D eigenvalue weighted by atomic mass is 10.3. The van der Waals surface area contributed by atoms with Gasteiger partial charge in [-0.2, -0.15) is 0 Å². The number of aryl methyl sites for hydroxylation is 1. The lowest BCUT2D eigenvalue weighted by Crippen LogP contribution is -2.42. The van der Waals surface area contributed by atoms with Crippen LogP contribution in [0.3, 0.4) is 0 Å². The maximum absolute atomic E-state index is 11.7. The molecule has 1 aliphatic carbocycles. The van der Waals surface area contributed by atoms with E-state index in [0.29, 0.717) is 11.6 Å². The van der Waals surface area contributed by atoms with Crippen LogP contribution in [0.5, 0.6) is 0 Å². The summed E-state index contributed by atoms with van der Waals surface area (Å²) in [6, 6.07) is 1.05. The lowest BCUT2D eigenvalue weighted by Gasteiger charge is -2.12. The number of rotatable bonds is 4. The molecular formula is C11H15N3O3. The summed E-state index contributed by atoms with van der Waals surface area (Å²) < 4.78 is 4.82. The van der Waals surface area contributed by atoms with Crippen LogP contribution >= 0.6 is 0 Å². The molecule has 0 aromatic carbocycles. The van der Waals surface area contributed by atoms with E-state index in [4.69, 9.17) is 4.52 Å². The molecule has 2 rings (SSSR count). The van der Waals surface area contributed by atoms with E-state index in [0.717, 1.165) is 12.8 Å². The Kier molecular flexibility index (Phi) is 3.12. The highest BCUT2D eigenvalue weighted by Crippen LogP contribution is 2.28. The molecule has 1 saturated carbocycles. The molecule has 1 fully saturated rings. The van der Waals surface area contributed by atoms with Gasteiger partial charge in [0, 0.05) is 12.0 Å². The molecule has 1 aliphatic rings. The van der Waals surface area contributed by atoms with Crippen LogP contribution in [0.15, 0.2) is 10.6 Å². The van der Waals surface area contributed by atoms with Gasteiger partial charge in [-0.15, -0.1) is 0 Å². The molecule has 1 heterocycles. The molecule has 17 heavy (non-hydrogen) atoms.